The normalized spacial score (nSPS) is 10.4. The Kier molecular flexibility index (Phi) is 5.84. The number of thioether (sulfide) groups is 1. The summed E-state index contributed by atoms with van der Waals surface area (Å²) in [6, 6.07) is 15.3. The Morgan fingerprint density at radius 1 is 1.05 bits per heavy atom. The molecule has 2 aromatic carbocycles. The van der Waals surface area contributed by atoms with Crippen molar-refractivity contribution in [1.82, 2.24) is 5.32 Å². The summed E-state index contributed by atoms with van der Waals surface area (Å²) in [5.41, 5.74) is 2.73. The smallest absolute Gasteiger partial charge is 0.251 e. The van der Waals surface area contributed by atoms with E-state index in [-0.39, 0.29) is 12.5 Å². The van der Waals surface area contributed by atoms with Crippen LogP contribution < -0.4 is 5.32 Å². The van der Waals surface area contributed by atoms with E-state index in [4.69, 9.17) is 5.11 Å². The van der Waals surface area contributed by atoms with Crippen molar-refractivity contribution >= 4 is 17.7 Å². The van der Waals surface area contributed by atoms with Gasteiger partial charge in [-0.05, 0) is 48.1 Å². The molecule has 2 N–H and O–H groups in total. The van der Waals surface area contributed by atoms with Crippen LogP contribution in [0, 0.1) is 0 Å². The molecule has 0 unspecified atom stereocenters. The Morgan fingerprint density at radius 3 is 2.24 bits per heavy atom. The number of aliphatic hydroxyl groups excluding tert-OH is 1. The lowest BCUT2D eigenvalue weighted by molar-refractivity contribution is 0.0954. The minimum atomic E-state index is -0.0466. The molecular formula is C17H19NO2S. The van der Waals surface area contributed by atoms with Crippen molar-refractivity contribution in [2.75, 3.05) is 12.8 Å². The number of benzene rings is 2. The van der Waals surface area contributed by atoms with Gasteiger partial charge in [0.05, 0.1) is 6.61 Å². The Morgan fingerprint density at radius 2 is 1.67 bits per heavy atom. The predicted octanol–water partition coefficient (Wildman–Crippen LogP) is 2.87. The number of aliphatic hydroxyl groups is 1. The van der Waals surface area contributed by atoms with E-state index in [9.17, 15) is 4.79 Å². The third-order valence-corrected chi connectivity index (χ3v) is 4.00. The highest BCUT2D eigenvalue weighted by Crippen LogP contribution is 2.14. The second-order valence-electron chi connectivity index (χ2n) is 4.71. The van der Waals surface area contributed by atoms with Gasteiger partial charge in [-0.2, -0.15) is 0 Å². The molecule has 0 aliphatic heterocycles. The molecule has 2 aromatic rings. The van der Waals surface area contributed by atoms with E-state index in [1.807, 2.05) is 54.8 Å². The molecule has 2 rings (SSSR count). The minimum Gasteiger partial charge on any atom is -0.392 e. The molecule has 110 valence electrons. The van der Waals surface area contributed by atoms with E-state index in [1.165, 1.54) is 0 Å². The fraction of sp³-hybridized carbons (Fsp3) is 0.235. The highest BCUT2D eigenvalue weighted by Gasteiger charge is 2.04. The van der Waals surface area contributed by atoms with Crippen LogP contribution in [-0.2, 0) is 13.0 Å². The molecule has 3 nitrogen and oxygen atoms in total. The van der Waals surface area contributed by atoms with Gasteiger partial charge in [-0.3, -0.25) is 4.79 Å². The van der Waals surface area contributed by atoms with Crippen LogP contribution in [0.2, 0.25) is 0 Å². The van der Waals surface area contributed by atoms with E-state index >= 15 is 0 Å². The topological polar surface area (TPSA) is 49.3 Å². The molecule has 0 aromatic heterocycles. The van der Waals surface area contributed by atoms with Crippen molar-refractivity contribution in [3.05, 3.63) is 65.2 Å². The lowest BCUT2D eigenvalue weighted by atomic mass is 10.1. The summed E-state index contributed by atoms with van der Waals surface area (Å²) in [5, 5.41) is 11.9. The van der Waals surface area contributed by atoms with E-state index in [0.717, 1.165) is 22.4 Å². The van der Waals surface area contributed by atoms with Crippen LogP contribution >= 0.6 is 11.8 Å². The van der Waals surface area contributed by atoms with Crippen LogP contribution in [0.15, 0.2) is 53.4 Å². The van der Waals surface area contributed by atoms with Crippen molar-refractivity contribution in [1.29, 1.82) is 0 Å². The Hall–Kier alpha value is -1.78. The number of rotatable bonds is 6. The quantitative estimate of drug-likeness (QED) is 0.807. The van der Waals surface area contributed by atoms with Gasteiger partial charge in [0.1, 0.15) is 0 Å². The third kappa shape index (κ3) is 4.62. The van der Waals surface area contributed by atoms with Crippen molar-refractivity contribution in [2.24, 2.45) is 0 Å². The molecule has 21 heavy (non-hydrogen) atoms. The Balaban J connectivity index is 1.82. The Labute approximate surface area is 129 Å². The van der Waals surface area contributed by atoms with Gasteiger partial charge >= 0.3 is 0 Å². The molecular weight excluding hydrogens is 282 g/mol. The highest BCUT2D eigenvalue weighted by molar-refractivity contribution is 7.98. The second-order valence-corrected chi connectivity index (χ2v) is 5.59. The number of nitrogens with one attached hydrogen (secondary N) is 1. The number of carbonyl (C=O) groups excluding carboxylic acids is 1. The van der Waals surface area contributed by atoms with Crippen LogP contribution in [0.5, 0.6) is 0 Å². The SMILES string of the molecule is CSc1ccc(C(=O)NCCc2ccc(CO)cc2)cc1. The first-order chi connectivity index (χ1) is 10.2. The van der Waals surface area contributed by atoms with Gasteiger partial charge in [0.2, 0.25) is 0 Å². The fourth-order valence-corrected chi connectivity index (χ4v) is 2.38. The molecule has 0 bridgehead atoms. The maximum Gasteiger partial charge on any atom is 0.251 e. The zero-order valence-electron chi connectivity index (χ0n) is 12.0. The van der Waals surface area contributed by atoms with Gasteiger partial charge in [-0.15, -0.1) is 11.8 Å². The van der Waals surface area contributed by atoms with Gasteiger partial charge < -0.3 is 10.4 Å². The number of hydrogen-bond donors (Lipinski definition) is 2. The first-order valence-electron chi connectivity index (χ1n) is 6.84. The predicted molar refractivity (Wildman–Crippen MR) is 86.6 cm³/mol. The number of hydrogen-bond acceptors (Lipinski definition) is 3. The first kappa shape index (κ1) is 15.6. The standard InChI is InChI=1S/C17H19NO2S/c1-21-16-8-6-15(7-9-16)17(20)18-11-10-13-2-4-14(12-19)5-3-13/h2-9,19H,10-12H2,1H3,(H,18,20). The molecule has 0 fully saturated rings. The summed E-state index contributed by atoms with van der Waals surface area (Å²) in [4.78, 5) is 13.1. The van der Waals surface area contributed by atoms with Gasteiger partial charge in [-0.1, -0.05) is 24.3 Å². The monoisotopic (exact) mass is 301 g/mol. The molecule has 0 radical (unpaired) electrons. The molecule has 0 atom stereocenters. The lowest BCUT2D eigenvalue weighted by Crippen LogP contribution is -2.25. The van der Waals surface area contributed by atoms with Crippen LogP contribution in [-0.4, -0.2) is 23.8 Å². The molecule has 0 saturated carbocycles. The fourth-order valence-electron chi connectivity index (χ4n) is 1.98. The van der Waals surface area contributed by atoms with E-state index in [0.29, 0.717) is 12.1 Å². The molecule has 0 heterocycles. The average molecular weight is 301 g/mol. The van der Waals surface area contributed by atoms with E-state index < -0.39 is 0 Å². The third-order valence-electron chi connectivity index (χ3n) is 3.26. The van der Waals surface area contributed by atoms with E-state index in [1.54, 1.807) is 11.8 Å². The summed E-state index contributed by atoms with van der Waals surface area (Å²) in [6.45, 7) is 0.657. The van der Waals surface area contributed by atoms with Gasteiger partial charge in [0, 0.05) is 17.0 Å². The van der Waals surface area contributed by atoms with Crippen molar-refractivity contribution in [3.63, 3.8) is 0 Å². The lowest BCUT2D eigenvalue weighted by Gasteiger charge is -2.06. The summed E-state index contributed by atoms with van der Waals surface area (Å²) in [5.74, 6) is -0.0466. The zero-order valence-corrected chi connectivity index (χ0v) is 12.8. The Bertz CT molecular complexity index is 579. The van der Waals surface area contributed by atoms with Crippen molar-refractivity contribution in [3.8, 4) is 0 Å². The first-order valence-corrected chi connectivity index (χ1v) is 8.06. The van der Waals surface area contributed by atoms with Crippen molar-refractivity contribution in [2.45, 2.75) is 17.9 Å². The molecule has 0 saturated heterocycles. The molecule has 4 heteroatoms. The van der Waals surface area contributed by atoms with Crippen LogP contribution in [0.1, 0.15) is 21.5 Å². The second kappa shape index (κ2) is 7.86. The summed E-state index contributed by atoms with van der Waals surface area (Å²) >= 11 is 1.66. The maximum absolute atomic E-state index is 12.0. The molecule has 0 aliphatic carbocycles. The number of carbonyl (C=O) groups is 1. The van der Waals surface area contributed by atoms with Crippen LogP contribution in [0.3, 0.4) is 0 Å². The minimum absolute atomic E-state index is 0.0466. The average Bonchev–Trinajstić information content (AvgIpc) is 2.55. The summed E-state index contributed by atoms with van der Waals surface area (Å²) in [7, 11) is 0. The molecule has 1 amide bonds. The maximum atomic E-state index is 12.0. The van der Waals surface area contributed by atoms with Gasteiger partial charge in [-0.25, -0.2) is 0 Å². The highest BCUT2D eigenvalue weighted by atomic mass is 32.2. The number of amides is 1. The van der Waals surface area contributed by atoms with Crippen molar-refractivity contribution < 1.29 is 9.90 Å². The van der Waals surface area contributed by atoms with Gasteiger partial charge in [0.25, 0.3) is 5.91 Å². The van der Waals surface area contributed by atoms with Crippen LogP contribution in [0.25, 0.3) is 0 Å². The van der Waals surface area contributed by atoms with Crippen LogP contribution in [0.4, 0.5) is 0 Å². The van der Waals surface area contributed by atoms with Gasteiger partial charge in [0.15, 0.2) is 0 Å². The zero-order chi connectivity index (χ0) is 15.1. The molecule has 0 aliphatic rings. The van der Waals surface area contributed by atoms with E-state index in [2.05, 4.69) is 5.32 Å². The molecule has 0 spiro atoms. The largest absolute Gasteiger partial charge is 0.392 e. The summed E-state index contributed by atoms with van der Waals surface area (Å²) in [6.07, 6.45) is 2.79. The summed E-state index contributed by atoms with van der Waals surface area (Å²) < 4.78 is 0.